The summed E-state index contributed by atoms with van der Waals surface area (Å²) in [6.45, 7) is 16.9. The number of benzene rings is 1. The van der Waals surface area contributed by atoms with Gasteiger partial charge in [0.05, 0.1) is 29.7 Å². The van der Waals surface area contributed by atoms with Crippen molar-refractivity contribution in [2.75, 3.05) is 13.2 Å². The van der Waals surface area contributed by atoms with Gasteiger partial charge in [-0.15, -0.1) is 0 Å². The molecular formula is C27H37ClN4O5Si. The molecule has 206 valence electrons. The Morgan fingerprint density at radius 3 is 2.50 bits per heavy atom. The Kier molecular flexibility index (Phi) is 9.22. The number of primary amides is 1. The van der Waals surface area contributed by atoms with Gasteiger partial charge in [-0.25, -0.2) is 14.8 Å². The fourth-order valence-electron chi connectivity index (χ4n) is 3.66. The van der Waals surface area contributed by atoms with Crippen LogP contribution in [0, 0.1) is 20.8 Å². The number of ether oxygens (including phenoxy) is 2. The monoisotopic (exact) mass is 560 g/mol. The second-order valence-corrected chi connectivity index (χ2v) is 15.9. The van der Waals surface area contributed by atoms with Crippen molar-refractivity contribution in [3.63, 3.8) is 0 Å². The van der Waals surface area contributed by atoms with Crippen LogP contribution in [0.15, 0.2) is 28.8 Å². The zero-order valence-electron chi connectivity index (χ0n) is 23.3. The molecule has 0 aliphatic rings. The molecule has 9 nitrogen and oxygen atoms in total. The third-order valence-corrected chi connectivity index (χ3v) is 11.7. The molecule has 3 rings (SSSR count). The highest BCUT2D eigenvalue weighted by atomic mass is 35.5. The number of nitrogens with zero attached hydrogens (tertiary/aromatic N) is 3. The van der Waals surface area contributed by atoms with Crippen LogP contribution >= 0.6 is 11.6 Å². The maximum Gasteiger partial charge on any atom is 0.404 e. The van der Waals surface area contributed by atoms with Gasteiger partial charge in [0.25, 0.3) is 0 Å². The summed E-state index contributed by atoms with van der Waals surface area (Å²) in [5, 5.41) is 4.42. The van der Waals surface area contributed by atoms with Crippen molar-refractivity contribution in [3.8, 4) is 28.4 Å². The van der Waals surface area contributed by atoms with Gasteiger partial charge in [0.1, 0.15) is 23.3 Å². The molecule has 0 radical (unpaired) electrons. The molecular weight excluding hydrogens is 524 g/mol. The largest absolute Gasteiger partial charge is 0.491 e. The van der Waals surface area contributed by atoms with E-state index in [0.717, 1.165) is 22.4 Å². The lowest BCUT2D eigenvalue weighted by Gasteiger charge is -2.39. The van der Waals surface area contributed by atoms with E-state index < -0.39 is 14.4 Å². The molecule has 0 bridgehead atoms. The molecule has 2 aromatic heterocycles. The predicted molar refractivity (Wildman–Crippen MR) is 150 cm³/mol. The summed E-state index contributed by atoms with van der Waals surface area (Å²) in [5.41, 5.74) is 8.86. The number of aryl methyl sites for hydroxylation is 2. The van der Waals surface area contributed by atoms with Crippen molar-refractivity contribution in [1.82, 2.24) is 15.1 Å². The van der Waals surface area contributed by atoms with Gasteiger partial charge in [-0.1, -0.05) is 49.7 Å². The number of hydrogen-bond donors (Lipinski definition) is 1. The average Bonchev–Trinajstić information content (AvgIpc) is 3.16. The standard InChI is InChI=1S/C27H37ClN4O5Si/c1-16-23(22-17(2)32-36-18(22)3)30-25(31-24(16)28)19-10-9-11-20(14-19)35-15-21(12-13-34-26(29)33)37-38(7,8)27(4,5)6/h9-11,14,21H,12-13,15H2,1-8H3,(H2,29,33)/t21-/m0/s1. The van der Waals surface area contributed by atoms with Gasteiger partial charge < -0.3 is 24.2 Å². The minimum Gasteiger partial charge on any atom is -0.491 e. The fourth-order valence-corrected chi connectivity index (χ4v) is 5.20. The Balaban J connectivity index is 1.84. The van der Waals surface area contributed by atoms with Gasteiger partial charge in [0.15, 0.2) is 14.1 Å². The zero-order valence-corrected chi connectivity index (χ0v) is 25.1. The summed E-state index contributed by atoms with van der Waals surface area (Å²) in [6, 6.07) is 7.49. The van der Waals surface area contributed by atoms with Gasteiger partial charge in [-0.2, -0.15) is 0 Å². The molecule has 11 heteroatoms. The highest BCUT2D eigenvalue weighted by Crippen LogP contribution is 2.38. The second-order valence-electron chi connectivity index (χ2n) is 10.8. The van der Waals surface area contributed by atoms with Gasteiger partial charge >= 0.3 is 6.09 Å². The molecule has 1 atom stereocenters. The lowest BCUT2D eigenvalue weighted by molar-refractivity contribution is 0.0809. The normalized spacial score (nSPS) is 12.9. The topological polar surface area (TPSA) is 123 Å². The molecule has 2 heterocycles. The van der Waals surface area contributed by atoms with E-state index in [4.69, 9.17) is 40.7 Å². The predicted octanol–water partition coefficient (Wildman–Crippen LogP) is 6.63. The first-order chi connectivity index (χ1) is 17.7. The van der Waals surface area contributed by atoms with Gasteiger partial charge in [-0.3, -0.25) is 0 Å². The van der Waals surface area contributed by atoms with E-state index >= 15 is 0 Å². The molecule has 0 aliphatic heterocycles. The van der Waals surface area contributed by atoms with Crippen LogP contribution in [-0.4, -0.2) is 48.9 Å². The first-order valence-electron chi connectivity index (χ1n) is 12.5. The minimum absolute atomic E-state index is 0.0106. The van der Waals surface area contributed by atoms with E-state index in [1.807, 2.05) is 45.0 Å². The smallest absolute Gasteiger partial charge is 0.404 e. The van der Waals surface area contributed by atoms with E-state index in [0.29, 0.717) is 34.6 Å². The highest BCUT2D eigenvalue weighted by molar-refractivity contribution is 6.74. The van der Waals surface area contributed by atoms with Crippen molar-refractivity contribution in [2.45, 2.75) is 72.2 Å². The first-order valence-corrected chi connectivity index (χ1v) is 15.8. The molecule has 38 heavy (non-hydrogen) atoms. The number of halogens is 1. The maximum atomic E-state index is 11.1. The Morgan fingerprint density at radius 2 is 1.89 bits per heavy atom. The number of nitrogens with two attached hydrogens (primary N) is 1. The number of rotatable bonds is 10. The molecule has 3 aromatic rings. The maximum absolute atomic E-state index is 11.1. The third kappa shape index (κ3) is 7.12. The van der Waals surface area contributed by atoms with Crippen LogP contribution in [0.2, 0.25) is 23.3 Å². The zero-order chi connectivity index (χ0) is 28.3. The fraction of sp³-hybridized carbons (Fsp3) is 0.481. The van der Waals surface area contributed by atoms with Crippen LogP contribution in [0.5, 0.6) is 5.75 Å². The van der Waals surface area contributed by atoms with Crippen molar-refractivity contribution in [3.05, 3.63) is 46.4 Å². The Bertz CT molecular complexity index is 1270. The molecule has 2 N–H and O–H groups in total. The average molecular weight is 561 g/mol. The summed E-state index contributed by atoms with van der Waals surface area (Å²) < 4.78 is 23.0. The molecule has 1 amide bonds. The number of carbonyl (C=O) groups excluding carboxylic acids is 1. The van der Waals surface area contributed by atoms with Crippen LogP contribution in [0.4, 0.5) is 4.79 Å². The van der Waals surface area contributed by atoms with Gasteiger partial charge in [0.2, 0.25) is 0 Å². The summed E-state index contributed by atoms with van der Waals surface area (Å²) in [6.07, 6.45) is -0.625. The third-order valence-electron chi connectivity index (χ3n) is 6.84. The van der Waals surface area contributed by atoms with Crippen LogP contribution < -0.4 is 10.5 Å². The quantitative estimate of drug-likeness (QED) is 0.216. The Morgan fingerprint density at radius 1 is 1.18 bits per heavy atom. The van der Waals surface area contributed by atoms with Crippen molar-refractivity contribution in [1.29, 1.82) is 0 Å². The summed E-state index contributed by atoms with van der Waals surface area (Å²) in [7, 11) is -2.10. The molecule has 0 saturated heterocycles. The number of hydrogen-bond acceptors (Lipinski definition) is 8. The lowest BCUT2D eigenvalue weighted by atomic mass is 10.1. The highest BCUT2D eigenvalue weighted by Gasteiger charge is 2.39. The SMILES string of the molecule is Cc1noc(C)c1-c1nc(-c2cccc(OC[C@H](CCOC(N)=O)O[Si](C)(C)C(C)(C)C)c2)nc(Cl)c1C. The van der Waals surface area contributed by atoms with E-state index in [1.165, 1.54) is 0 Å². The van der Waals surface area contributed by atoms with E-state index in [1.54, 1.807) is 0 Å². The summed E-state index contributed by atoms with van der Waals surface area (Å²) >= 11 is 6.51. The number of aromatic nitrogens is 3. The van der Waals surface area contributed by atoms with E-state index in [-0.39, 0.29) is 24.4 Å². The van der Waals surface area contributed by atoms with Crippen molar-refractivity contribution in [2.24, 2.45) is 5.73 Å². The molecule has 0 unspecified atom stereocenters. The Labute approximate surface area is 230 Å². The molecule has 0 spiro atoms. The second kappa shape index (κ2) is 11.8. The minimum atomic E-state index is -2.10. The van der Waals surface area contributed by atoms with Crippen LogP contribution in [0.1, 0.15) is 44.2 Å². The number of amides is 1. The van der Waals surface area contributed by atoms with Crippen LogP contribution in [0.3, 0.4) is 0 Å². The molecule has 1 aromatic carbocycles. The van der Waals surface area contributed by atoms with Gasteiger partial charge in [-0.05, 0) is 51.0 Å². The van der Waals surface area contributed by atoms with Crippen molar-refractivity contribution < 1.29 is 23.2 Å². The molecule has 0 aliphatic carbocycles. The van der Waals surface area contributed by atoms with Crippen molar-refractivity contribution >= 4 is 26.0 Å². The van der Waals surface area contributed by atoms with Crippen LogP contribution in [0.25, 0.3) is 22.6 Å². The van der Waals surface area contributed by atoms with Gasteiger partial charge in [0, 0.05) is 17.5 Å². The first kappa shape index (κ1) is 29.6. The van der Waals surface area contributed by atoms with Crippen LogP contribution in [-0.2, 0) is 9.16 Å². The molecule has 0 fully saturated rings. The summed E-state index contributed by atoms with van der Waals surface area (Å²) in [5.74, 6) is 1.75. The molecule has 0 saturated carbocycles. The van der Waals surface area contributed by atoms with E-state index in [2.05, 4.69) is 44.0 Å². The summed E-state index contributed by atoms with van der Waals surface area (Å²) in [4.78, 5) is 20.4. The number of carbonyl (C=O) groups is 1. The Hall–Kier alpha value is -2.95. The van der Waals surface area contributed by atoms with E-state index in [9.17, 15) is 4.79 Å². The lowest BCUT2D eigenvalue weighted by Crippen LogP contribution is -2.45.